The first kappa shape index (κ1) is 33.4. The van der Waals surface area contributed by atoms with E-state index in [4.69, 9.17) is 4.74 Å². The molecule has 2 aliphatic heterocycles. The molecule has 4 rings (SSSR count). The van der Waals surface area contributed by atoms with Gasteiger partial charge in [0.2, 0.25) is 11.8 Å². The maximum atomic E-state index is 13.7. The van der Waals surface area contributed by atoms with Crippen molar-refractivity contribution in [2.24, 2.45) is 5.92 Å². The van der Waals surface area contributed by atoms with E-state index in [0.717, 1.165) is 12.8 Å². The van der Waals surface area contributed by atoms with E-state index in [1.807, 2.05) is 12.2 Å². The Kier molecular flexibility index (Phi) is 10.7. The highest BCUT2D eigenvalue weighted by Crippen LogP contribution is 2.45. The number of nitrogens with one attached hydrogen (secondary N) is 4. The number of hydrogen-bond donors (Lipinski definition) is 4. The summed E-state index contributed by atoms with van der Waals surface area (Å²) >= 11 is 0. The number of rotatable bonds is 7. The van der Waals surface area contributed by atoms with Gasteiger partial charge in [-0.1, -0.05) is 31.1 Å². The molecule has 1 saturated carbocycles. The molecule has 1 aromatic rings. The van der Waals surface area contributed by atoms with Crippen LogP contribution in [0.3, 0.4) is 0 Å². The number of pyridine rings is 1. The molecule has 2 fully saturated rings. The summed E-state index contributed by atoms with van der Waals surface area (Å²) in [5.74, 6) is -2.15. The molecule has 14 heteroatoms. The van der Waals surface area contributed by atoms with Gasteiger partial charge in [-0.25, -0.2) is 9.52 Å². The molecular formula is C30H44N6O7S. The minimum atomic E-state index is -4.22. The van der Waals surface area contributed by atoms with Crippen LogP contribution >= 0.6 is 0 Å². The maximum Gasteiger partial charge on any atom is 0.408 e. The number of allylic oxidation sites excluding steroid dienone is 1. The summed E-state index contributed by atoms with van der Waals surface area (Å²) < 4.78 is 35.4. The largest absolute Gasteiger partial charge is 0.444 e. The predicted octanol–water partition coefficient (Wildman–Crippen LogP) is 1.85. The summed E-state index contributed by atoms with van der Waals surface area (Å²) in [6.07, 6.45) is 9.63. The lowest BCUT2D eigenvalue weighted by molar-refractivity contribution is -0.141. The van der Waals surface area contributed by atoms with Crippen LogP contribution in [0.2, 0.25) is 0 Å². The van der Waals surface area contributed by atoms with Crippen molar-refractivity contribution >= 4 is 34.0 Å². The molecule has 13 nitrogen and oxygen atoms in total. The second-order valence-corrected chi connectivity index (χ2v) is 14.1. The summed E-state index contributed by atoms with van der Waals surface area (Å²) in [5.41, 5.74) is -1.51. The first-order valence-electron chi connectivity index (χ1n) is 15.3. The van der Waals surface area contributed by atoms with Gasteiger partial charge in [-0.05, 0) is 71.4 Å². The molecule has 4 atom stereocenters. The molecule has 44 heavy (non-hydrogen) atoms. The third kappa shape index (κ3) is 9.00. The van der Waals surface area contributed by atoms with Crippen molar-refractivity contribution < 1.29 is 32.3 Å². The van der Waals surface area contributed by atoms with E-state index in [2.05, 4.69) is 25.1 Å². The Morgan fingerprint density at radius 1 is 1.14 bits per heavy atom. The highest BCUT2D eigenvalue weighted by Gasteiger charge is 2.61. The number of hydrogen-bond acceptors (Lipinski definition) is 8. The van der Waals surface area contributed by atoms with E-state index in [1.165, 1.54) is 4.90 Å². The highest BCUT2D eigenvalue weighted by atomic mass is 32.2. The van der Waals surface area contributed by atoms with E-state index in [1.54, 1.807) is 45.2 Å². The zero-order valence-electron chi connectivity index (χ0n) is 25.6. The van der Waals surface area contributed by atoms with Crippen LogP contribution in [-0.2, 0) is 35.8 Å². The smallest absolute Gasteiger partial charge is 0.408 e. The topological polar surface area (TPSA) is 176 Å². The number of aromatic nitrogens is 1. The van der Waals surface area contributed by atoms with E-state index in [0.29, 0.717) is 50.8 Å². The number of ether oxygens (including phenoxy) is 1. The number of carbonyl (C=O) groups excluding carboxylic acids is 4. The summed E-state index contributed by atoms with van der Waals surface area (Å²) in [4.78, 5) is 59.0. The Labute approximate surface area is 259 Å². The van der Waals surface area contributed by atoms with Crippen molar-refractivity contribution in [1.82, 2.24) is 30.0 Å². The Morgan fingerprint density at radius 3 is 2.66 bits per heavy atom. The molecule has 0 spiro atoms. The van der Waals surface area contributed by atoms with Crippen LogP contribution in [-0.4, -0.2) is 78.4 Å². The van der Waals surface area contributed by atoms with Crippen molar-refractivity contribution in [3.8, 4) is 0 Å². The van der Waals surface area contributed by atoms with Crippen molar-refractivity contribution in [2.75, 3.05) is 13.1 Å². The second-order valence-electron chi connectivity index (χ2n) is 12.6. The monoisotopic (exact) mass is 632 g/mol. The molecule has 0 radical (unpaired) electrons. The average molecular weight is 633 g/mol. The summed E-state index contributed by atoms with van der Waals surface area (Å²) in [6.45, 7) is 5.56. The SMILES string of the molecule is CC(C)(C)OC(=O)N[C@H]1CCCCC/C=C\[C@@H]2C[C@@]2(C(=O)NS(=O)(=O)NCCc2ccccn2)NC(=O)[C@@H]2CCCN2C1=O. The predicted molar refractivity (Wildman–Crippen MR) is 162 cm³/mol. The fourth-order valence-electron chi connectivity index (χ4n) is 5.65. The minimum Gasteiger partial charge on any atom is -0.444 e. The van der Waals surface area contributed by atoms with E-state index < -0.39 is 57.3 Å². The summed E-state index contributed by atoms with van der Waals surface area (Å²) in [6, 6.07) is 3.60. The first-order valence-corrected chi connectivity index (χ1v) is 16.8. The zero-order valence-corrected chi connectivity index (χ0v) is 26.5. The van der Waals surface area contributed by atoms with Crippen molar-refractivity contribution in [3.05, 3.63) is 42.2 Å². The Morgan fingerprint density at radius 2 is 1.93 bits per heavy atom. The lowest BCUT2D eigenvalue weighted by Crippen LogP contribution is -2.59. The molecule has 3 heterocycles. The van der Waals surface area contributed by atoms with Gasteiger partial charge in [0.1, 0.15) is 23.2 Å². The van der Waals surface area contributed by atoms with Gasteiger partial charge in [-0.15, -0.1) is 0 Å². The molecule has 0 bridgehead atoms. The number of fused-ring (bicyclic) bond motifs is 2. The molecule has 1 aliphatic carbocycles. The van der Waals surface area contributed by atoms with Crippen LogP contribution in [0, 0.1) is 5.92 Å². The molecule has 0 unspecified atom stereocenters. The Bertz CT molecular complexity index is 1350. The van der Waals surface area contributed by atoms with Gasteiger partial charge in [0.25, 0.3) is 5.91 Å². The van der Waals surface area contributed by atoms with Crippen LogP contribution in [0.4, 0.5) is 4.79 Å². The molecule has 242 valence electrons. The molecule has 4 amide bonds. The van der Waals surface area contributed by atoms with Gasteiger partial charge in [-0.3, -0.25) is 19.4 Å². The summed E-state index contributed by atoms with van der Waals surface area (Å²) in [5, 5.41) is 5.51. The van der Waals surface area contributed by atoms with Gasteiger partial charge in [-0.2, -0.15) is 13.1 Å². The molecule has 1 saturated heterocycles. The number of carbonyl (C=O) groups is 4. The minimum absolute atomic E-state index is 0.0277. The number of amides is 4. The van der Waals surface area contributed by atoms with Crippen LogP contribution in [0.5, 0.6) is 0 Å². The van der Waals surface area contributed by atoms with Crippen LogP contribution in [0.1, 0.15) is 77.8 Å². The van der Waals surface area contributed by atoms with E-state index >= 15 is 0 Å². The zero-order chi connectivity index (χ0) is 32.0. The lowest BCUT2D eigenvalue weighted by atomic mass is 10.0. The van der Waals surface area contributed by atoms with Gasteiger partial charge >= 0.3 is 16.3 Å². The third-order valence-corrected chi connectivity index (χ3v) is 8.99. The molecule has 1 aromatic heterocycles. The normalized spacial score (nSPS) is 27.1. The fourth-order valence-corrected chi connectivity index (χ4v) is 6.52. The first-order chi connectivity index (χ1) is 20.8. The molecule has 3 aliphatic rings. The standard InChI is InChI=1S/C30H44N6O7S/c1-29(2,3)43-28(40)33-23-14-8-6-4-5-7-12-21-20-30(21,34-25(37)24-15-11-19-36(24)26(23)38)27(39)35-44(41,42)32-18-16-22-13-9-10-17-31-22/h7,9-10,12-13,17,21,23-24,32H,4-6,8,11,14-16,18-20H2,1-3H3,(H,33,40)(H,34,37)(H,35,39)/b12-7-/t21-,23+,24+,30-/m1/s1. The van der Waals surface area contributed by atoms with Crippen molar-refractivity contribution in [2.45, 2.75) is 102 Å². The van der Waals surface area contributed by atoms with Gasteiger partial charge < -0.3 is 20.3 Å². The molecule has 0 aromatic carbocycles. The maximum absolute atomic E-state index is 13.7. The van der Waals surface area contributed by atoms with Crippen molar-refractivity contribution in [3.63, 3.8) is 0 Å². The average Bonchev–Trinajstić information content (AvgIpc) is 3.40. The number of alkyl carbamates (subject to hydrolysis) is 1. The van der Waals surface area contributed by atoms with Crippen molar-refractivity contribution in [1.29, 1.82) is 0 Å². The van der Waals surface area contributed by atoms with Crippen LogP contribution in [0.25, 0.3) is 0 Å². The quantitative estimate of drug-likeness (QED) is 0.329. The fraction of sp³-hybridized carbons (Fsp3) is 0.633. The van der Waals surface area contributed by atoms with E-state index in [9.17, 15) is 27.6 Å². The van der Waals surface area contributed by atoms with Gasteiger partial charge in [0.05, 0.1) is 0 Å². The molecule has 4 N–H and O–H groups in total. The number of nitrogens with zero attached hydrogens (tertiary/aromatic N) is 2. The Balaban J connectivity index is 1.47. The van der Waals surface area contributed by atoms with Gasteiger partial charge in [0.15, 0.2) is 0 Å². The highest BCUT2D eigenvalue weighted by molar-refractivity contribution is 7.88. The second kappa shape index (κ2) is 14.1. The molecular weight excluding hydrogens is 588 g/mol. The third-order valence-electron chi connectivity index (χ3n) is 7.95. The van der Waals surface area contributed by atoms with E-state index in [-0.39, 0.29) is 18.9 Å². The Hall–Kier alpha value is -3.52. The van der Waals surface area contributed by atoms with Crippen LogP contribution in [0.15, 0.2) is 36.5 Å². The van der Waals surface area contributed by atoms with Crippen LogP contribution < -0.4 is 20.1 Å². The lowest BCUT2D eigenvalue weighted by Gasteiger charge is -2.30. The van der Waals surface area contributed by atoms with Gasteiger partial charge in [0, 0.05) is 37.3 Å². The summed E-state index contributed by atoms with van der Waals surface area (Å²) in [7, 11) is -4.22.